The summed E-state index contributed by atoms with van der Waals surface area (Å²) < 4.78 is 33.5. The molecule has 0 fully saturated rings. The molecule has 0 aromatic heterocycles. The van der Waals surface area contributed by atoms with E-state index in [-0.39, 0.29) is 37.8 Å². The Hall–Kier alpha value is -3.34. The van der Waals surface area contributed by atoms with Crippen LogP contribution in [0.4, 0.5) is 17.1 Å². The van der Waals surface area contributed by atoms with E-state index in [1.165, 1.54) is 61.7 Å². The quantitative estimate of drug-likeness (QED) is 0.325. The van der Waals surface area contributed by atoms with Crippen LogP contribution in [0.15, 0.2) is 65.6 Å². The molecule has 0 atom stereocenters. The van der Waals surface area contributed by atoms with E-state index < -0.39 is 27.4 Å². The Labute approximate surface area is 206 Å². The smallest absolute Gasteiger partial charge is 0.271 e. The van der Waals surface area contributed by atoms with E-state index in [1.807, 2.05) is 0 Å². The molecule has 0 bridgehead atoms. The Balaban J connectivity index is 2.03. The first-order chi connectivity index (χ1) is 16.0. The number of nitro groups is 1. The molecule has 1 N–H and O–H groups in total. The summed E-state index contributed by atoms with van der Waals surface area (Å²) in [7, 11) is -2.98. The average Bonchev–Trinajstić information content (AvgIpc) is 2.79. The van der Waals surface area contributed by atoms with Gasteiger partial charge in [0, 0.05) is 17.8 Å². The largest absolute Gasteiger partial charge is 0.495 e. The first-order valence-corrected chi connectivity index (χ1v) is 11.9. The maximum absolute atomic E-state index is 13.7. The number of sulfonamides is 1. The van der Waals surface area contributed by atoms with E-state index >= 15 is 0 Å². The number of aryl methyl sites for hydroxylation is 1. The van der Waals surface area contributed by atoms with Crippen LogP contribution in [0.5, 0.6) is 5.75 Å². The van der Waals surface area contributed by atoms with Crippen molar-refractivity contribution < 1.29 is 22.9 Å². The lowest BCUT2D eigenvalue weighted by Gasteiger charge is -2.25. The average molecular weight is 524 g/mol. The maximum atomic E-state index is 13.7. The summed E-state index contributed by atoms with van der Waals surface area (Å²) in [5.41, 5.74) is 0.664. The van der Waals surface area contributed by atoms with Gasteiger partial charge in [-0.25, -0.2) is 8.42 Å². The fourth-order valence-corrected chi connectivity index (χ4v) is 5.04. The van der Waals surface area contributed by atoms with Gasteiger partial charge in [0.15, 0.2) is 0 Å². The fourth-order valence-electron chi connectivity index (χ4n) is 3.09. The molecule has 0 heterocycles. The molecule has 0 spiro atoms. The van der Waals surface area contributed by atoms with E-state index in [9.17, 15) is 23.3 Å². The second-order valence-corrected chi connectivity index (χ2v) is 9.77. The van der Waals surface area contributed by atoms with E-state index in [2.05, 4.69) is 5.32 Å². The Morgan fingerprint density at radius 2 is 1.82 bits per heavy atom. The first-order valence-electron chi connectivity index (χ1n) is 9.69. The minimum Gasteiger partial charge on any atom is -0.495 e. The van der Waals surface area contributed by atoms with Crippen molar-refractivity contribution in [3.05, 3.63) is 86.4 Å². The number of non-ortho nitro benzene ring substituents is 1. The number of methoxy groups -OCH3 is 1. The summed E-state index contributed by atoms with van der Waals surface area (Å²) in [6, 6.07) is 14.1. The van der Waals surface area contributed by atoms with Crippen molar-refractivity contribution in [3.8, 4) is 5.75 Å². The summed E-state index contributed by atoms with van der Waals surface area (Å²) in [6.45, 7) is 1.07. The molecule has 178 valence electrons. The standard InChI is InChI=1S/C22H19Cl2N3O6S/c1-14-6-9-20(33-2)21(10-14)34(31,32)26(16-7-8-18(23)19(24)12-16)13-22(28)25-15-4-3-5-17(11-15)27(29)30/h3-12H,13H2,1-2H3,(H,25,28). The number of carbonyl (C=O) groups is 1. The topological polar surface area (TPSA) is 119 Å². The van der Waals surface area contributed by atoms with E-state index in [1.54, 1.807) is 13.0 Å². The number of nitro benzene ring substituents is 1. The zero-order chi connectivity index (χ0) is 25.0. The highest BCUT2D eigenvalue weighted by molar-refractivity contribution is 7.93. The first kappa shape index (κ1) is 25.3. The van der Waals surface area contributed by atoms with Gasteiger partial charge in [-0.1, -0.05) is 35.3 Å². The Morgan fingerprint density at radius 1 is 1.09 bits per heavy atom. The zero-order valence-corrected chi connectivity index (χ0v) is 20.3. The predicted molar refractivity (Wildman–Crippen MR) is 130 cm³/mol. The second-order valence-electron chi connectivity index (χ2n) is 7.12. The number of rotatable bonds is 8. The van der Waals surface area contributed by atoms with Gasteiger partial charge in [0.05, 0.1) is 27.8 Å². The Kier molecular flexibility index (Phi) is 7.65. The SMILES string of the molecule is COc1ccc(C)cc1S(=O)(=O)N(CC(=O)Nc1cccc([N+](=O)[O-])c1)c1ccc(Cl)c(Cl)c1. The minimum absolute atomic E-state index is 0.0900. The summed E-state index contributed by atoms with van der Waals surface area (Å²) >= 11 is 12.1. The number of ether oxygens (including phenoxy) is 1. The van der Waals surface area contributed by atoms with Crippen LogP contribution in [0.25, 0.3) is 0 Å². The lowest BCUT2D eigenvalue weighted by molar-refractivity contribution is -0.384. The molecule has 0 aliphatic heterocycles. The molecule has 3 rings (SSSR count). The van der Waals surface area contributed by atoms with Crippen molar-refractivity contribution in [2.45, 2.75) is 11.8 Å². The normalized spacial score (nSPS) is 11.1. The van der Waals surface area contributed by atoms with Gasteiger partial charge in [0.1, 0.15) is 17.2 Å². The highest BCUT2D eigenvalue weighted by atomic mass is 35.5. The Morgan fingerprint density at radius 3 is 2.47 bits per heavy atom. The van der Waals surface area contributed by atoms with Crippen LogP contribution in [0.1, 0.15) is 5.56 Å². The second kappa shape index (κ2) is 10.3. The third kappa shape index (κ3) is 5.58. The van der Waals surface area contributed by atoms with Crippen molar-refractivity contribution in [1.29, 1.82) is 0 Å². The number of amides is 1. The van der Waals surface area contributed by atoms with E-state index in [0.717, 1.165) is 4.31 Å². The van der Waals surface area contributed by atoms with Crippen LogP contribution < -0.4 is 14.4 Å². The van der Waals surface area contributed by atoms with Crippen molar-refractivity contribution >= 4 is 56.2 Å². The van der Waals surface area contributed by atoms with Gasteiger partial charge >= 0.3 is 0 Å². The van der Waals surface area contributed by atoms with Gasteiger partial charge in [0.2, 0.25) is 5.91 Å². The summed E-state index contributed by atoms with van der Waals surface area (Å²) in [5, 5.41) is 13.8. The number of anilines is 2. The van der Waals surface area contributed by atoms with Gasteiger partial charge < -0.3 is 10.1 Å². The van der Waals surface area contributed by atoms with Crippen molar-refractivity contribution in [2.75, 3.05) is 23.3 Å². The molecule has 0 aliphatic rings. The van der Waals surface area contributed by atoms with Crippen LogP contribution in [-0.2, 0) is 14.8 Å². The van der Waals surface area contributed by atoms with Crippen LogP contribution in [0.2, 0.25) is 10.0 Å². The van der Waals surface area contributed by atoms with E-state index in [0.29, 0.717) is 5.56 Å². The summed E-state index contributed by atoms with van der Waals surface area (Å²) in [4.78, 5) is 23.1. The molecule has 3 aromatic carbocycles. The summed E-state index contributed by atoms with van der Waals surface area (Å²) in [6.07, 6.45) is 0. The third-order valence-electron chi connectivity index (χ3n) is 4.71. The number of halogens is 2. The van der Waals surface area contributed by atoms with Crippen LogP contribution >= 0.6 is 23.2 Å². The van der Waals surface area contributed by atoms with Gasteiger partial charge in [-0.2, -0.15) is 0 Å². The molecule has 0 aliphatic carbocycles. The molecule has 9 nitrogen and oxygen atoms in total. The van der Waals surface area contributed by atoms with Crippen molar-refractivity contribution in [1.82, 2.24) is 0 Å². The van der Waals surface area contributed by atoms with Crippen LogP contribution in [-0.4, -0.2) is 32.9 Å². The van der Waals surface area contributed by atoms with Gasteiger partial charge in [0.25, 0.3) is 15.7 Å². The molecule has 1 amide bonds. The number of hydrogen-bond acceptors (Lipinski definition) is 6. The number of nitrogens with zero attached hydrogens (tertiary/aromatic N) is 2. The van der Waals surface area contributed by atoms with Gasteiger partial charge in [-0.3, -0.25) is 19.2 Å². The molecule has 34 heavy (non-hydrogen) atoms. The zero-order valence-electron chi connectivity index (χ0n) is 18.0. The molecule has 12 heteroatoms. The van der Waals surface area contributed by atoms with Crippen molar-refractivity contribution in [2.24, 2.45) is 0 Å². The molecule has 0 radical (unpaired) electrons. The van der Waals surface area contributed by atoms with E-state index in [4.69, 9.17) is 27.9 Å². The lowest BCUT2D eigenvalue weighted by atomic mass is 10.2. The molecular formula is C22H19Cl2N3O6S. The highest BCUT2D eigenvalue weighted by Crippen LogP contribution is 2.34. The van der Waals surface area contributed by atoms with Crippen molar-refractivity contribution in [3.63, 3.8) is 0 Å². The van der Waals surface area contributed by atoms with Crippen LogP contribution in [0, 0.1) is 17.0 Å². The molecule has 3 aromatic rings. The van der Waals surface area contributed by atoms with Crippen LogP contribution in [0.3, 0.4) is 0 Å². The minimum atomic E-state index is -4.32. The van der Waals surface area contributed by atoms with Gasteiger partial charge in [-0.05, 0) is 48.9 Å². The third-order valence-corrected chi connectivity index (χ3v) is 7.24. The molecule has 0 saturated carbocycles. The van der Waals surface area contributed by atoms with Gasteiger partial charge in [-0.15, -0.1) is 0 Å². The monoisotopic (exact) mass is 523 g/mol. The number of nitrogens with one attached hydrogen (secondary N) is 1. The highest BCUT2D eigenvalue weighted by Gasteiger charge is 2.30. The maximum Gasteiger partial charge on any atom is 0.271 e. The summed E-state index contributed by atoms with van der Waals surface area (Å²) in [5.74, 6) is -0.642. The molecule has 0 saturated heterocycles. The lowest BCUT2D eigenvalue weighted by Crippen LogP contribution is -2.38. The predicted octanol–water partition coefficient (Wildman–Crippen LogP) is 5.05. The number of benzene rings is 3. The Bertz CT molecular complexity index is 1360. The molecule has 0 unspecified atom stereocenters. The molecular weight excluding hydrogens is 505 g/mol. The number of carbonyl (C=O) groups excluding carboxylic acids is 1. The number of hydrogen-bond donors (Lipinski definition) is 1. The fraction of sp³-hybridized carbons (Fsp3) is 0.136.